The quantitative estimate of drug-likeness (QED) is 0.838. The first-order chi connectivity index (χ1) is 12.0. The third-order valence-corrected chi connectivity index (χ3v) is 4.22. The van der Waals surface area contributed by atoms with Crippen LogP contribution in [0.1, 0.15) is 12.8 Å². The summed E-state index contributed by atoms with van der Waals surface area (Å²) < 4.78 is 0. The van der Waals surface area contributed by atoms with E-state index in [0.717, 1.165) is 22.9 Å². The van der Waals surface area contributed by atoms with Gasteiger partial charge in [-0.2, -0.15) is 0 Å². The molecule has 3 rings (SSSR count). The molecule has 6 nitrogen and oxygen atoms in total. The molecule has 0 aromatic heterocycles. The van der Waals surface area contributed by atoms with Crippen molar-refractivity contribution >= 4 is 34.2 Å². The molecule has 1 saturated heterocycles. The van der Waals surface area contributed by atoms with Gasteiger partial charge in [0.05, 0.1) is 0 Å². The van der Waals surface area contributed by atoms with E-state index in [9.17, 15) is 14.4 Å². The lowest BCUT2D eigenvalue weighted by Crippen LogP contribution is -2.42. The molecule has 0 bridgehead atoms. The Morgan fingerprint density at radius 2 is 1.84 bits per heavy atom. The third-order valence-electron chi connectivity index (χ3n) is 4.22. The molecule has 1 atom stereocenters. The van der Waals surface area contributed by atoms with Gasteiger partial charge in [-0.15, -0.1) is 0 Å². The number of carboxylic acids is 1. The van der Waals surface area contributed by atoms with E-state index in [-0.39, 0.29) is 5.91 Å². The first-order valence-corrected chi connectivity index (χ1v) is 8.06. The van der Waals surface area contributed by atoms with Crippen molar-refractivity contribution in [2.45, 2.75) is 18.9 Å². The zero-order valence-corrected chi connectivity index (χ0v) is 13.5. The number of carbonyl (C=O) groups excluding carboxylic acids is 2. The molecule has 2 N–H and O–H groups in total. The predicted octanol–water partition coefficient (Wildman–Crippen LogP) is 2.41. The summed E-state index contributed by atoms with van der Waals surface area (Å²) in [7, 11) is 0. The fourth-order valence-corrected chi connectivity index (χ4v) is 3.03. The number of hydrogen-bond donors (Lipinski definition) is 2. The van der Waals surface area contributed by atoms with Gasteiger partial charge in [-0.1, -0.05) is 30.3 Å². The van der Waals surface area contributed by atoms with Crippen LogP contribution in [0.25, 0.3) is 10.8 Å². The second-order valence-electron chi connectivity index (χ2n) is 5.91. The van der Waals surface area contributed by atoms with Crippen molar-refractivity contribution in [2.24, 2.45) is 0 Å². The molecule has 0 saturated carbocycles. The highest BCUT2D eigenvalue weighted by Crippen LogP contribution is 2.22. The van der Waals surface area contributed by atoms with E-state index >= 15 is 0 Å². The van der Waals surface area contributed by atoms with E-state index in [0.29, 0.717) is 25.1 Å². The summed E-state index contributed by atoms with van der Waals surface area (Å²) in [5.41, 5.74) is 0.670. The van der Waals surface area contributed by atoms with Gasteiger partial charge in [0.1, 0.15) is 6.04 Å². The Morgan fingerprint density at radius 3 is 2.60 bits per heavy atom. The van der Waals surface area contributed by atoms with Crippen LogP contribution < -0.4 is 5.32 Å². The van der Waals surface area contributed by atoms with Gasteiger partial charge < -0.3 is 15.3 Å². The molecule has 2 aromatic carbocycles. The summed E-state index contributed by atoms with van der Waals surface area (Å²) >= 11 is 0. The maximum absolute atomic E-state index is 12.6. The number of fused-ring (bicyclic) bond motifs is 1. The van der Waals surface area contributed by atoms with Gasteiger partial charge in [-0.25, -0.2) is 4.79 Å². The topological polar surface area (TPSA) is 86.7 Å². The molecule has 1 aliphatic rings. The second-order valence-corrected chi connectivity index (χ2v) is 5.91. The number of hydrogen-bond acceptors (Lipinski definition) is 3. The predicted molar refractivity (Wildman–Crippen MR) is 94.1 cm³/mol. The lowest BCUT2D eigenvalue weighted by molar-refractivity contribution is -0.133. The van der Waals surface area contributed by atoms with Gasteiger partial charge in [0.15, 0.2) is 0 Å². The molecule has 0 radical (unpaired) electrons. The smallest absolute Gasteiger partial charge is 0.328 e. The highest BCUT2D eigenvalue weighted by Gasteiger charge is 2.33. The summed E-state index contributed by atoms with van der Waals surface area (Å²) in [6.45, 7) is 0.443. The Labute approximate surface area is 144 Å². The summed E-state index contributed by atoms with van der Waals surface area (Å²) in [6.07, 6.45) is 3.05. The van der Waals surface area contributed by atoms with Crippen molar-refractivity contribution in [1.82, 2.24) is 4.90 Å². The number of rotatable bonds is 4. The maximum Gasteiger partial charge on any atom is 0.328 e. The number of amides is 2. The number of aliphatic carboxylic acids is 1. The normalized spacial score (nSPS) is 17.1. The van der Waals surface area contributed by atoms with Gasteiger partial charge in [0, 0.05) is 24.4 Å². The molecule has 0 spiro atoms. The molecule has 2 aromatic rings. The Kier molecular flexibility index (Phi) is 4.79. The summed E-state index contributed by atoms with van der Waals surface area (Å²) in [5.74, 6) is -1.91. The van der Waals surface area contributed by atoms with E-state index in [1.165, 1.54) is 4.90 Å². The monoisotopic (exact) mass is 338 g/mol. The van der Waals surface area contributed by atoms with E-state index in [1.807, 2.05) is 42.5 Å². The SMILES string of the molecule is O=C(O)C=CC(=O)N1CCCC1C(=O)Nc1ccc2ccccc2c1. The van der Waals surface area contributed by atoms with Gasteiger partial charge in [0.25, 0.3) is 0 Å². The van der Waals surface area contributed by atoms with Crippen molar-refractivity contribution < 1.29 is 19.5 Å². The molecular weight excluding hydrogens is 320 g/mol. The van der Waals surface area contributed by atoms with Crippen molar-refractivity contribution in [3.8, 4) is 0 Å². The molecule has 6 heteroatoms. The standard InChI is InChI=1S/C19H18N2O4/c22-17(9-10-18(23)24)21-11-3-6-16(21)19(25)20-15-8-7-13-4-1-2-5-14(13)12-15/h1-2,4-5,7-10,12,16H,3,6,11H2,(H,20,25)(H,23,24). The molecule has 1 aliphatic heterocycles. The summed E-state index contributed by atoms with van der Waals surface area (Å²) in [5, 5.41) is 13.6. The number of benzene rings is 2. The fraction of sp³-hybridized carbons (Fsp3) is 0.211. The fourth-order valence-electron chi connectivity index (χ4n) is 3.03. The van der Waals surface area contributed by atoms with Gasteiger partial charge in [0.2, 0.25) is 11.8 Å². The Balaban J connectivity index is 1.72. The largest absolute Gasteiger partial charge is 0.478 e. The lowest BCUT2D eigenvalue weighted by atomic mass is 10.1. The Bertz CT molecular complexity index is 859. The third kappa shape index (κ3) is 3.85. The zero-order chi connectivity index (χ0) is 17.8. The first-order valence-electron chi connectivity index (χ1n) is 8.06. The van der Waals surface area contributed by atoms with E-state index < -0.39 is 17.9 Å². The number of anilines is 1. The number of likely N-dealkylation sites (tertiary alicyclic amines) is 1. The molecule has 1 fully saturated rings. The number of nitrogens with one attached hydrogen (secondary N) is 1. The average molecular weight is 338 g/mol. The van der Waals surface area contributed by atoms with Crippen LogP contribution >= 0.6 is 0 Å². The molecule has 128 valence electrons. The minimum Gasteiger partial charge on any atom is -0.478 e. The van der Waals surface area contributed by atoms with Crippen molar-refractivity contribution in [1.29, 1.82) is 0 Å². The van der Waals surface area contributed by atoms with Crippen LogP contribution in [-0.2, 0) is 14.4 Å². The molecular formula is C19H18N2O4. The van der Waals surface area contributed by atoms with Crippen LogP contribution in [0.3, 0.4) is 0 Å². The number of carboxylic acid groups (broad SMARTS) is 1. The van der Waals surface area contributed by atoms with Crippen LogP contribution in [0, 0.1) is 0 Å². The number of nitrogens with zero attached hydrogens (tertiary/aromatic N) is 1. The second kappa shape index (κ2) is 7.17. The number of carbonyl (C=O) groups is 3. The van der Waals surface area contributed by atoms with Crippen molar-refractivity contribution in [2.75, 3.05) is 11.9 Å². The van der Waals surface area contributed by atoms with Gasteiger partial charge in [-0.05, 0) is 35.7 Å². The minimum absolute atomic E-state index is 0.259. The van der Waals surface area contributed by atoms with Gasteiger partial charge >= 0.3 is 5.97 Å². The van der Waals surface area contributed by atoms with E-state index in [1.54, 1.807) is 0 Å². The Hall–Kier alpha value is -3.15. The summed E-state index contributed by atoms with van der Waals surface area (Å²) in [4.78, 5) is 36.6. The molecule has 0 aliphatic carbocycles. The van der Waals surface area contributed by atoms with Gasteiger partial charge in [-0.3, -0.25) is 9.59 Å². The molecule has 1 unspecified atom stereocenters. The molecule has 2 amide bonds. The van der Waals surface area contributed by atoms with Crippen molar-refractivity contribution in [3.05, 3.63) is 54.6 Å². The van der Waals surface area contributed by atoms with Crippen LogP contribution in [0.5, 0.6) is 0 Å². The maximum atomic E-state index is 12.6. The van der Waals surface area contributed by atoms with E-state index in [2.05, 4.69) is 5.32 Å². The highest BCUT2D eigenvalue weighted by molar-refractivity contribution is 6.01. The zero-order valence-electron chi connectivity index (χ0n) is 13.5. The Morgan fingerprint density at radius 1 is 1.08 bits per heavy atom. The summed E-state index contributed by atoms with van der Waals surface area (Å²) in [6, 6.07) is 12.9. The van der Waals surface area contributed by atoms with Crippen LogP contribution in [0.15, 0.2) is 54.6 Å². The molecule has 1 heterocycles. The molecule has 25 heavy (non-hydrogen) atoms. The van der Waals surface area contributed by atoms with Crippen LogP contribution in [0.4, 0.5) is 5.69 Å². The minimum atomic E-state index is -1.19. The average Bonchev–Trinajstić information content (AvgIpc) is 3.09. The highest BCUT2D eigenvalue weighted by atomic mass is 16.4. The van der Waals surface area contributed by atoms with E-state index in [4.69, 9.17) is 5.11 Å². The van der Waals surface area contributed by atoms with Crippen LogP contribution in [-0.4, -0.2) is 40.4 Å². The van der Waals surface area contributed by atoms with Crippen molar-refractivity contribution in [3.63, 3.8) is 0 Å². The lowest BCUT2D eigenvalue weighted by Gasteiger charge is -2.22. The first kappa shape index (κ1) is 16.7. The van der Waals surface area contributed by atoms with Crippen LogP contribution in [0.2, 0.25) is 0 Å².